The third kappa shape index (κ3) is 3.85. The smallest absolute Gasteiger partial charge is 0.251 e. The second kappa shape index (κ2) is 6.31. The lowest BCUT2D eigenvalue weighted by Gasteiger charge is -2.06. The molecule has 1 N–H and O–H groups in total. The Balaban J connectivity index is 1.50. The minimum atomic E-state index is -0.00805. The zero-order valence-corrected chi connectivity index (χ0v) is 12.6. The molecule has 0 unspecified atom stereocenters. The van der Waals surface area contributed by atoms with Crippen LogP contribution in [0.15, 0.2) is 48.5 Å². The molecular formula is C18H18ClNO. The molecule has 0 atom stereocenters. The zero-order chi connectivity index (χ0) is 14.7. The van der Waals surface area contributed by atoms with Crippen molar-refractivity contribution in [3.63, 3.8) is 0 Å². The summed E-state index contributed by atoms with van der Waals surface area (Å²) < 4.78 is 0. The molecule has 21 heavy (non-hydrogen) atoms. The van der Waals surface area contributed by atoms with Gasteiger partial charge in [0.25, 0.3) is 5.91 Å². The van der Waals surface area contributed by atoms with Crippen molar-refractivity contribution in [2.75, 3.05) is 6.54 Å². The van der Waals surface area contributed by atoms with Crippen molar-refractivity contribution in [3.8, 4) is 0 Å². The highest BCUT2D eigenvalue weighted by atomic mass is 35.5. The van der Waals surface area contributed by atoms with E-state index in [0.29, 0.717) is 6.54 Å². The Bertz CT molecular complexity index is 615. The van der Waals surface area contributed by atoms with Crippen LogP contribution >= 0.6 is 11.6 Å². The minimum absolute atomic E-state index is 0.00805. The Hall–Kier alpha value is -1.80. The van der Waals surface area contributed by atoms with Crippen LogP contribution in [0.5, 0.6) is 0 Å². The lowest BCUT2D eigenvalue weighted by Crippen LogP contribution is -2.25. The molecule has 0 spiro atoms. The van der Waals surface area contributed by atoms with Gasteiger partial charge in [-0.2, -0.15) is 0 Å². The highest BCUT2D eigenvalue weighted by Gasteiger charge is 2.23. The quantitative estimate of drug-likeness (QED) is 0.881. The van der Waals surface area contributed by atoms with E-state index in [1.165, 1.54) is 24.0 Å². The molecular weight excluding hydrogens is 282 g/mol. The second-order valence-electron chi connectivity index (χ2n) is 5.53. The Kier molecular flexibility index (Phi) is 4.26. The summed E-state index contributed by atoms with van der Waals surface area (Å²) in [4.78, 5) is 12.1. The molecule has 2 aromatic carbocycles. The van der Waals surface area contributed by atoms with E-state index < -0.39 is 0 Å². The van der Waals surface area contributed by atoms with Crippen molar-refractivity contribution in [1.82, 2.24) is 5.32 Å². The zero-order valence-electron chi connectivity index (χ0n) is 11.8. The topological polar surface area (TPSA) is 29.1 Å². The van der Waals surface area contributed by atoms with Crippen LogP contribution in [-0.4, -0.2) is 12.5 Å². The minimum Gasteiger partial charge on any atom is -0.352 e. The SMILES string of the molecule is O=C(NCCc1ccc(Cl)cc1)c1ccc(C2CC2)cc1. The van der Waals surface area contributed by atoms with Crippen molar-refractivity contribution < 1.29 is 4.79 Å². The van der Waals surface area contributed by atoms with Gasteiger partial charge in [0.2, 0.25) is 0 Å². The molecule has 0 aliphatic heterocycles. The van der Waals surface area contributed by atoms with Crippen LogP contribution in [0.3, 0.4) is 0 Å². The lowest BCUT2D eigenvalue weighted by molar-refractivity contribution is 0.0954. The first-order chi connectivity index (χ1) is 10.2. The maximum absolute atomic E-state index is 12.1. The van der Waals surface area contributed by atoms with Crippen molar-refractivity contribution in [2.45, 2.75) is 25.2 Å². The van der Waals surface area contributed by atoms with Gasteiger partial charge < -0.3 is 5.32 Å². The normalized spacial score (nSPS) is 14.0. The highest BCUT2D eigenvalue weighted by Crippen LogP contribution is 2.39. The van der Waals surface area contributed by atoms with E-state index >= 15 is 0 Å². The maximum Gasteiger partial charge on any atom is 0.251 e. The second-order valence-corrected chi connectivity index (χ2v) is 5.97. The molecule has 1 aliphatic carbocycles. The standard InChI is InChI=1S/C18H18ClNO/c19-17-9-1-13(2-10-17)11-12-20-18(21)16-7-5-15(6-8-16)14-3-4-14/h1-2,5-10,14H,3-4,11-12H2,(H,20,21). The average Bonchev–Trinajstić information content (AvgIpc) is 3.34. The van der Waals surface area contributed by atoms with Gasteiger partial charge in [0.05, 0.1) is 0 Å². The fraction of sp³-hybridized carbons (Fsp3) is 0.278. The first-order valence-electron chi connectivity index (χ1n) is 7.35. The molecule has 0 aromatic heterocycles. The molecule has 2 nitrogen and oxygen atoms in total. The van der Waals surface area contributed by atoms with Crippen molar-refractivity contribution in [1.29, 1.82) is 0 Å². The van der Waals surface area contributed by atoms with Gasteiger partial charge in [0, 0.05) is 17.1 Å². The predicted molar refractivity (Wildman–Crippen MR) is 85.9 cm³/mol. The summed E-state index contributed by atoms with van der Waals surface area (Å²) in [5.41, 5.74) is 3.26. The number of benzene rings is 2. The molecule has 3 rings (SSSR count). The van der Waals surface area contributed by atoms with E-state index in [2.05, 4.69) is 17.4 Å². The predicted octanol–water partition coefficient (Wildman–Crippen LogP) is 4.19. The molecule has 3 heteroatoms. The van der Waals surface area contributed by atoms with E-state index in [1.54, 1.807) is 0 Å². The van der Waals surface area contributed by atoms with Crippen LogP contribution in [0.4, 0.5) is 0 Å². The number of carbonyl (C=O) groups excluding carboxylic acids is 1. The fourth-order valence-electron chi connectivity index (χ4n) is 2.40. The summed E-state index contributed by atoms with van der Waals surface area (Å²) in [6.07, 6.45) is 3.38. The number of hydrogen-bond donors (Lipinski definition) is 1. The van der Waals surface area contributed by atoms with E-state index in [-0.39, 0.29) is 5.91 Å². The Labute approximate surface area is 130 Å². The number of carbonyl (C=O) groups is 1. The van der Waals surface area contributed by atoms with Gasteiger partial charge in [-0.3, -0.25) is 4.79 Å². The molecule has 1 saturated carbocycles. The van der Waals surface area contributed by atoms with Gasteiger partial charge in [-0.1, -0.05) is 35.9 Å². The van der Waals surface area contributed by atoms with E-state index in [9.17, 15) is 4.79 Å². The molecule has 1 aliphatic rings. The molecule has 1 amide bonds. The number of hydrogen-bond acceptors (Lipinski definition) is 1. The highest BCUT2D eigenvalue weighted by molar-refractivity contribution is 6.30. The van der Waals surface area contributed by atoms with Crippen LogP contribution in [0.25, 0.3) is 0 Å². The summed E-state index contributed by atoms with van der Waals surface area (Å²) in [7, 11) is 0. The van der Waals surface area contributed by atoms with Crippen LogP contribution in [-0.2, 0) is 6.42 Å². The Morgan fingerprint density at radius 1 is 1.05 bits per heavy atom. The lowest BCUT2D eigenvalue weighted by atomic mass is 10.1. The van der Waals surface area contributed by atoms with Crippen molar-refractivity contribution >= 4 is 17.5 Å². The maximum atomic E-state index is 12.1. The number of nitrogens with one attached hydrogen (secondary N) is 1. The molecule has 2 aromatic rings. The number of amides is 1. The van der Waals surface area contributed by atoms with Gasteiger partial charge in [0.1, 0.15) is 0 Å². The Morgan fingerprint density at radius 3 is 2.33 bits per heavy atom. The van der Waals surface area contributed by atoms with Crippen molar-refractivity contribution in [2.24, 2.45) is 0 Å². The van der Waals surface area contributed by atoms with E-state index in [1.807, 2.05) is 36.4 Å². The third-order valence-electron chi connectivity index (χ3n) is 3.83. The largest absolute Gasteiger partial charge is 0.352 e. The first kappa shape index (κ1) is 14.2. The van der Waals surface area contributed by atoms with Crippen LogP contribution in [0.2, 0.25) is 5.02 Å². The number of rotatable bonds is 5. The summed E-state index contributed by atoms with van der Waals surface area (Å²) in [6.45, 7) is 0.630. The van der Waals surface area contributed by atoms with Gasteiger partial charge in [-0.25, -0.2) is 0 Å². The third-order valence-corrected chi connectivity index (χ3v) is 4.09. The van der Waals surface area contributed by atoms with Gasteiger partial charge >= 0.3 is 0 Å². The number of halogens is 1. The Morgan fingerprint density at radius 2 is 1.71 bits per heavy atom. The van der Waals surface area contributed by atoms with Crippen molar-refractivity contribution in [3.05, 3.63) is 70.2 Å². The summed E-state index contributed by atoms with van der Waals surface area (Å²) in [6, 6.07) is 15.7. The molecule has 1 fully saturated rings. The van der Waals surface area contributed by atoms with Gasteiger partial charge in [-0.05, 0) is 60.6 Å². The first-order valence-corrected chi connectivity index (χ1v) is 7.73. The summed E-state index contributed by atoms with van der Waals surface area (Å²) in [5, 5.41) is 3.69. The monoisotopic (exact) mass is 299 g/mol. The van der Waals surface area contributed by atoms with Crippen LogP contribution < -0.4 is 5.32 Å². The fourth-order valence-corrected chi connectivity index (χ4v) is 2.52. The van der Waals surface area contributed by atoms with Crippen LogP contribution in [0.1, 0.15) is 40.2 Å². The molecule has 0 saturated heterocycles. The van der Waals surface area contributed by atoms with E-state index in [4.69, 9.17) is 11.6 Å². The summed E-state index contributed by atoms with van der Waals surface area (Å²) in [5.74, 6) is 0.721. The average molecular weight is 300 g/mol. The van der Waals surface area contributed by atoms with Crippen LogP contribution in [0, 0.1) is 0 Å². The van der Waals surface area contributed by atoms with Gasteiger partial charge in [-0.15, -0.1) is 0 Å². The molecule has 108 valence electrons. The summed E-state index contributed by atoms with van der Waals surface area (Å²) >= 11 is 5.85. The molecule has 0 radical (unpaired) electrons. The van der Waals surface area contributed by atoms with E-state index in [0.717, 1.165) is 22.9 Å². The molecule has 0 bridgehead atoms. The molecule has 0 heterocycles. The van der Waals surface area contributed by atoms with Gasteiger partial charge in [0.15, 0.2) is 0 Å².